The molecule has 0 saturated carbocycles. The monoisotopic (exact) mass is 477 g/mol. The second-order valence-corrected chi connectivity index (χ2v) is 10.0. The van der Waals surface area contributed by atoms with E-state index >= 15 is 0 Å². The molecule has 7 nitrogen and oxygen atoms in total. The van der Waals surface area contributed by atoms with Gasteiger partial charge in [0.15, 0.2) is 0 Å². The zero-order chi connectivity index (χ0) is 23.8. The lowest BCUT2D eigenvalue weighted by Crippen LogP contribution is -2.49. The first-order valence-electron chi connectivity index (χ1n) is 12.7. The number of carbonyl (C=O) groups is 1. The maximum Gasteiger partial charge on any atom is 0.322 e. The molecule has 3 aromatic rings. The van der Waals surface area contributed by atoms with Crippen molar-refractivity contribution in [3.05, 3.63) is 65.2 Å². The number of carbonyl (C=O) groups excluding carboxylic acids is 1. The Morgan fingerprint density at radius 1 is 1.14 bits per heavy atom. The number of amides is 2. The van der Waals surface area contributed by atoms with Crippen molar-refractivity contribution in [2.24, 2.45) is 5.92 Å². The molecule has 0 bridgehead atoms. The molecule has 1 atom stereocenters. The molecular weight excluding hydrogens is 445 g/mol. The van der Waals surface area contributed by atoms with E-state index in [9.17, 15) is 9.18 Å². The van der Waals surface area contributed by atoms with Crippen LogP contribution in [0, 0.1) is 11.7 Å². The van der Waals surface area contributed by atoms with Gasteiger partial charge in [0.25, 0.3) is 0 Å². The Bertz CT molecular complexity index is 1200. The second kappa shape index (κ2) is 9.59. The molecule has 2 fully saturated rings. The lowest BCUT2D eigenvalue weighted by Gasteiger charge is -2.36. The number of urea groups is 1. The molecule has 6 rings (SSSR count). The summed E-state index contributed by atoms with van der Waals surface area (Å²) < 4.78 is 21.7. The Kier molecular flexibility index (Phi) is 6.16. The van der Waals surface area contributed by atoms with Crippen LogP contribution in [0.4, 0.5) is 9.18 Å². The number of ether oxygens (including phenoxy) is 1. The van der Waals surface area contributed by atoms with Crippen LogP contribution in [0.1, 0.15) is 36.1 Å². The van der Waals surface area contributed by atoms with Gasteiger partial charge in [-0.2, -0.15) is 0 Å². The average molecular weight is 478 g/mol. The standard InChI is InChI=1S/C27H32FN5O2/c28-21-5-3-20(4-6-21)15-33-25-16-32-22(14-24(25)23-2-1-10-30-26(23)33)17-35-18-31(27(32)34)13-9-19-7-11-29-12-8-19/h1-6,10,19,22,29H,7-9,11-18H2. The predicted octanol–water partition coefficient (Wildman–Crippen LogP) is 3.75. The van der Waals surface area contributed by atoms with Gasteiger partial charge in [-0.25, -0.2) is 14.2 Å². The maximum absolute atomic E-state index is 13.7. The summed E-state index contributed by atoms with van der Waals surface area (Å²) in [5.41, 5.74) is 4.28. The molecular formula is C27H32FN5O2. The highest BCUT2D eigenvalue weighted by molar-refractivity contribution is 5.84. The largest absolute Gasteiger partial charge is 0.359 e. The minimum absolute atomic E-state index is 0.0176. The van der Waals surface area contributed by atoms with Crippen LogP contribution in [0.3, 0.4) is 0 Å². The van der Waals surface area contributed by atoms with Gasteiger partial charge in [-0.3, -0.25) is 0 Å². The van der Waals surface area contributed by atoms with E-state index in [1.807, 2.05) is 34.2 Å². The van der Waals surface area contributed by atoms with Gasteiger partial charge in [0.05, 0.1) is 19.2 Å². The SMILES string of the molecule is O=C1N(CCC2CCNCC2)COCC2Cc3c(n(Cc4ccc(F)cc4)c4ncccc34)CN12. The van der Waals surface area contributed by atoms with E-state index in [4.69, 9.17) is 4.74 Å². The van der Waals surface area contributed by atoms with Crippen molar-refractivity contribution in [2.75, 3.05) is 33.0 Å². The molecule has 3 aliphatic heterocycles. The van der Waals surface area contributed by atoms with Crippen LogP contribution in [0.25, 0.3) is 11.0 Å². The van der Waals surface area contributed by atoms with Crippen molar-refractivity contribution < 1.29 is 13.9 Å². The molecule has 35 heavy (non-hydrogen) atoms. The van der Waals surface area contributed by atoms with Gasteiger partial charge in [0.1, 0.15) is 18.2 Å². The Hall–Kier alpha value is -2.97. The summed E-state index contributed by atoms with van der Waals surface area (Å²) in [7, 11) is 0. The first-order chi connectivity index (χ1) is 17.2. The van der Waals surface area contributed by atoms with Gasteiger partial charge in [0.2, 0.25) is 0 Å². The number of halogens is 1. The number of fused-ring (bicyclic) bond motifs is 4. The van der Waals surface area contributed by atoms with Crippen LogP contribution in [0.15, 0.2) is 42.6 Å². The third kappa shape index (κ3) is 4.41. The summed E-state index contributed by atoms with van der Waals surface area (Å²) >= 11 is 0. The summed E-state index contributed by atoms with van der Waals surface area (Å²) in [5, 5.41) is 4.54. The highest BCUT2D eigenvalue weighted by Gasteiger charge is 2.38. The van der Waals surface area contributed by atoms with E-state index in [-0.39, 0.29) is 17.9 Å². The first-order valence-corrected chi connectivity index (χ1v) is 12.7. The number of piperidine rings is 1. The second-order valence-electron chi connectivity index (χ2n) is 10.0. The quantitative estimate of drug-likeness (QED) is 0.608. The highest BCUT2D eigenvalue weighted by atomic mass is 19.1. The number of nitrogens with zero attached hydrogens (tertiary/aromatic N) is 4. The van der Waals surface area contributed by atoms with Gasteiger partial charge >= 0.3 is 6.03 Å². The van der Waals surface area contributed by atoms with Crippen molar-refractivity contribution in [1.82, 2.24) is 24.7 Å². The number of pyridine rings is 1. The van der Waals surface area contributed by atoms with Crippen molar-refractivity contribution in [2.45, 2.75) is 44.8 Å². The van der Waals surface area contributed by atoms with E-state index in [0.717, 1.165) is 54.8 Å². The lowest BCUT2D eigenvalue weighted by molar-refractivity contribution is 0.0542. The third-order valence-electron chi connectivity index (χ3n) is 7.84. The van der Waals surface area contributed by atoms with Crippen LogP contribution in [-0.4, -0.2) is 64.4 Å². The van der Waals surface area contributed by atoms with Gasteiger partial charge in [-0.1, -0.05) is 12.1 Å². The molecule has 3 aliphatic rings. The summed E-state index contributed by atoms with van der Waals surface area (Å²) in [6.45, 7) is 4.89. The molecule has 0 radical (unpaired) electrons. The molecule has 1 aromatic carbocycles. The smallest absolute Gasteiger partial charge is 0.322 e. The fraction of sp³-hybridized carbons (Fsp3) is 0.481. The fourth-order valence-electron chi connectivity index (χ4n) is 5.86. The van der Waals surface area contributed by atoms with Crippen LogP contribution >= 0.6 is 0 Å². The Morgan fingerprint density at radius 2 is 1.97 bits per heavy atom. The molecule has 2 aromatic heterocycles. The Balaban J connectivity index is 1.28. The van der Waals surface area contributed by atoms with Crippen molar-refractivity contribution in [3.63, 3.8) is 0 Å². The third-order valence-corrected chi connectivity index (χ3v) is 7.84. The summed E-state index contributed by atoms with van der Waals surface area (Å²) in [6, 6.07) is 10.8. The van der Waals surface area contributed by atoms with E-state index in [1.165, 1.54) is 30.5 Å². The number of rotatable bonds is 5. The Morgan fingerprint density at radius 3 is 2.80 bits per heavy atom. The minimum atomic E-state index is -0.242. The molecule has 0 spiro atoms. The zero-order valence-corrected chi connectivity index (χ0v) is 20.0. The average Bonchev–Trinajstić information content (AvgIpc) is 3.10. The molecule has 1 unspecified atom stereocenters. The molecule has 184 valence electrons. The number of aromatic nitrogens is 2. The van der Waals surface area contributed by atoms with E-state index in [1.54, 1.807) is 0 Å². The summed E-state index contributed by atoms with van der Waals surface area (Å²) in [4.78, 5) is 22.3. The number of benzene rings is 1. The number of hydrogen-bond acceptors (Lipinski definition) is 4. The van der Waals surface area contributed by atoms with Gasteiger partial charge in [-0.15, -0.1) is 0 Å². The van der Waals surface area contributed by atoms with E-state index < -0.39 is 0 Å². The molecule has 8 heteroatoms. The zero-order valence-electron chi connectivity index (χ0n) is 20.0. The molecule has 2 amide bonds. The summed E-state index contributed by atoms with van der Waals surface area (Å²) in [6.07, 6.45) is 5.94. The Labute approximate surface area is 204 Å². The van der Waals surface area contributed by atoms with E-state index in [0.29, 0.717) is 32.3 Å². The number of nitrogens with one attached hydrogen (secondary N) is 1. The van der Waals surface area contributed by atoms with Crippen LogP contribution in [0.5, 0.6) is 0 Å². The molecule has 1 N–H and O–H groups in total. The normalized spacial score (nSPS) is 21.2. The van der Waals surface area contributed by atoms with Gasteiger partial charge < -0.3 is 24.4 Å². The van der Waals surface area contributed by atoms with Crippen LogP contribution in [-0.2, 0) is 24.2 Å². The van der Waals surface area contributed by atoms with Crippen LogP contribution in [0.2, 0.25) is 0 Å². The maximum atomic E-state index is 13.7. The predicted molar refractivity (Wildman–Crippen MR) is 131 cm³/mol. The van der Waals surface area contributed by atoms with Crippen molar-refractivity contribution in [1.29, 1.82) is 0 Å². The highest BCUT2D eigenvalue weighted by Crippen LogP contribution is 2.34. The fourth-order valence-corrected chi connectivity index (χ4v) is 5.86. The topological polar surface area (TPSA) is 62.6 Å². The van der Waals surface area contributed by atoms with Gasteiger partial charge in [0, 0.05) is 30.4 Å². The lowest BCUT2D eigenvalue weighted by atomic mass is 9.94. The van der Waals surface area contributed by atoms with Gasteiger partial charge in [-0.05, 0) is 80.1 Å². The van der Waals surface area contributed by atoms with Crippen molar-refractivity contribution in [3.8, 4) is 0 Å². The van der Waals surface area contributed by atoms with Crippen LogP contribution < -0.4 is 5.32 Å². The molecule has 5 heterocycles. The first kappa shape index (κ1) is 22.5. The summed E-state index contributed by atoms with van der Waals surface area (Å²) in [5.74, 6) is 0.425. The van der Waals surface area contributed by atoms with Crippen molar-refractivity contribution >= 4 is 17.1 Å². The minimum Gasteiger partial charge on any atom is -0.359 e. The number of hydrogen-bond donors (Lipinski definition) is 1. The molecule has 0 aliphatic carbocycles. The van der Waals surface area contributed by atoms with E-state index in [2.05, 4.69) is 20.9 Å². The molecule has 2 saturated heterocycles.